The number of unbranched alkanes of at least 4 members (excludes halogenated alkanes) is 1. The van der Waals surface area contributed by atoms with Crippen LogP contribution < -0.4 is 4.72 Å². The van der Waals surface area contributed by atoms with E-state index in [0.29, 0.717) is 11.1 Å². The van der Waals surface area contributed by atoms with Crippen LogP contribution in [0.15, 0.2) is 77.7 Å². The number of hydrogen-bond donors (Lipinski definition) is 1. The lowest BCUT2D eigenvalue weighted by Gasteiger charge is -2.14. The highest BCUT2D eigenvalue weighted by atomic mass is 32.2. The minimum absolute atomic E-state index is 0.00818. The predicted octanol–water partition coefficient (Wildman–Crippen LogP) is 6.60. The van der Waals surface area contributed by atoms with Crippen LogP contribution in [-0.4, -0.2) is 30.9 Å². The second-order valence-corrected chi connectivity index (χ2v) is 10.8. The number of rotatable bonds is 9. The van der Waals surface area contributed by atoms with Crippen LogP contribution in [0.1, 0.15) is 43.6 Å². The molecule has 0 aliphatic carbocycles. The van der Waals surface area contributed by atoms with E-state index in [1.165, 1.54) is 6.07 Å². The Bertz CT molecular complexity index is 1530. The fourth-order valence-electron chi connectivity index (χ4n) is 4.56. The zero-order valence-corrected chi connectivity index (χ0v) is 23.0. The van der Waals surface area contributed by atoms with Gasteiger partial charge in [0.25, 0.3) is 10.0 Å². The quantitative estimate of drug-likeness (QED) is 0.263. The maximum atomic E-state index is 13.0. The van der Waals surface area contributed by atoms with Crippen molar-refractivity contribution in [1.82, 2.24) is 14.5 Å². The molecule has 0 fully saturated rings. The molecule has 198 valence electrons. The topological polar surface area (TPSA) is 90.3 Å². The first-order valence-electron chi connectivity index (χ1n) is 12.8. The first-order chi connectivity index (χ1) is 18.2. The van der Waals surface area contributed by atoms with E-state index in [1.54, 1.807) is 19.1 Å². The summed E-state index contributed by atoms with van der Waals surface area (Å²) >= 11 is 0. The summed E-state index contributed by atoms with van der Waals surface area (Å²) in [5.74, 6) is 0. The van der Waals surface area contributed by atoms with E-state index >= 15 is 0 Å². The van der Waals surface area contributed by atoms with Crippen molar-refractivity contribution in [1.29, 1.82) is 0 Å². The van der Waals surface area contributed by atoms with Crippen molar-refractivity contribution in [2.45, 2.75) is 51.9 Å². The van der Waals surface area contributed by atoms with Gasteiger partial charge in [-0.3, -0.25) is 0 Å². The number of carbonyl (C=O) groups excluding carboxylic acids is 1. The number of benzene rings is 3. The summed E-state index contributed by atoms with van der Waals surface area (Å²) in [6, 6.07) is 23.0. The molecule has 38 heavy (non-hydrogen) atoms. The monoisotopic (exact) mass is 531 g/mol. The van der Waals surface area contributed by atoms with Crippen LogP contribution in [0.2, 0.25) is 0 Å². The number of nitrogens with one attached hydrogen (secondary N) is 1. The second kappa shape index (κ2) is 11.6. The maximum absolute atomic E-state index is 13.0. The van der Waals surface area contributed by atoms with Gasteiger partial charge in [0.05, 0.1) is 28.6 Å². The highest BCUT2D eigenvalue weighted by Gasteiger charge is 2.23. The fourth-order valence-corrected chi connectivity index (χ4v) is 5.66. The molecule has 0 bridgehead atoms. The van der Waals surface area contributed by atoms with E-state index < -0.39 is 16.1 Å². The SMILES string of the molecule is CCCCc1c(-c2ccccc2)c(C)nn1-c1ccc(-c2cc(C)ccc2S(=O)(=O)NC(=O)OCC)cc1. The summed E-state index contributed by atoms with van der Waals surface area (Å²) in [6.45, 7) is 7.79. The molecule has 7 nitrogen and oxygen atoms in total. The molecule has 0 spiro atoms. The van der Waals surface area contributed by atoms with Crippen molar-refractivity contribution in [2.24, 2.45) is 0 Å². The van der Waals surface area contributed by atoms with Crippen LogP contribution in [0.4, 0.5) is 4.79 Å². The van der Waals surface area contributed by atoms with Gasteiger partial charge in [0.2, 0.25) is 0 Å². The summed E-state index contributed by atoms with van der Waals surface area (Å²) in [4.78, 5) is 11.9. The highest BCUT2D eigenvalue weighted by Crippen LogP contribution is 2.33. The smallest absolute Gasteiger partial charge is 0.421 e. The highest BCUT2D eigenvalue weighted by molar-refractivity contribution is 7.90. The van der Waals surface area contributed by atoms with E-state index in [4.69, 9.17) is 9.84 Å². The molecule has 1 amide bonds. The third-order valence-electron chi connectivity index (χ3n) is 6.33. The molecule has 0 aliphatic rings. The van der Waals surface area contributed by atoms with Gasteiger partial charge < -0.3 is 4.74 Å². The number of carbonyl (C=O) groups is 1. The van der Waals surface area contributed by atoms with Gasteiger partial charge in [-0.15, -0.1) is 0 Å². The number of ether oxygens (including phenoxy) is 1. The molecule has 8 heteroatoms. The lowest BCUT2D eigenvalue weighted by atomic mass is 10.00. The Morgan fingerprint density at radius 2 is 1.66 bits per heavy atom. The number of aryl methyl sites for hydroxylation is 2. The van der Waals surface area contributed by atoms with Gasteiger partial charge in [-0.2, -0.15) is 5.10 Å². The van der Waals surface area contributed by atoms with Crippen molar-refractivity contribution >= 4 is 16.1 Å². The first-order valence-corrected chi connectivity index (χ1v) is 14.3. The molecule has 0 aliphatic heterocycles. The number of amides is 1. The number of nitrogens with zero attached hydrogens (tertiary/aromatic N) is 2. The molecular formula is C30H33N3O4S. The summed E-state index contributed by atoms with van der Waals surface area (Å²) in [7, 11) is -4.13. The maximum Gasteiger partial charge on any atom is 0.421 e. The Labute approximate surface area is 224 Å². The fraction of sp³-hybridized carbons (Fsp3) is 0.267. The second-order valence-electron chi connectivity index (χ2n) is 9.16. The van der Waals surface area contributed by atoms with Gasteiger partial charge in [-0.25, -0.2) is 22.6 Å². The zero-order chi connectivity index (χ0) is 27.3. The van der Waals surface area contributed by atoms with E-state index in [2.05, 4.69) is 19.1 Å². The molecule has 0 atom stereocenters. The van der Waals surface area contributed by atoms with Gasteiger partial charge in [-0.1, -0.05) is 73.5 Å². The molecule has 1 aromatic heterocycles. The van der Waals surface area contributed by atoms with E-state index in [-0.39, 0.29) is 11.5 Å². The molecule has 1 heterocycles. The van der Waals surface area contributed by atoms with Gasteiger partial charge in [0.15, 0.2) is 0 Å². The molecular weight excluding hydrogens is 498 g/mol. The predicted molar refractivity (Wildman–Crippen MR) is 150 cm³/mol. The normalized spacial score (nSPS) is 11.4. The van der Waals surface area contributed by atoms with Crippen molar-refractivity contribution < 1.29 is 17.9 Å². The Balaban J connectivity index is 1.75. The van der Waals surface area contributed by atoms with Crippen LogP contribution in [0.25, 0.3) is 27.9 Å². The molecule has 0 radical (unpaired) electrons. The third-order valence-corrected chi connectivity index (χ3v) is 7.70. The molecule has 4 rings (SSSR count). The van der Waals surface area contributed by atoms with Crippen LogP contribution >= 0.6 is 0 Å². The van der Waals surface area contributed by atoms with Gasteiger partial charge >= 0.3 is 6.09 Å². The van der Waals surface area contributed by atoms with E-state index in [1.807, 2.05) is 65.7 Å². The van der Waals surface area contributed by atoms with Crippen molar-refractivity contribution in [3.63, 3.8) is 0 Å². The van der Waals surface area contributed by atoms with Crippen LogP contribution in [0.3, 0.4) is 0 Å². The molecule has 0 saturated carbocycles. The average molecular weight is 532 g/mol. The Morgan fingerprint density at radius 1 is 0.947 bits per heavy atom. The summed E-state index contributed by atoms with van der Waals surface area (Å²) < 4.78 is 34.8. The Kier molecular flexibility index (Phi) is 8.32. The van der Waals surface area contributed by atoms with Crippen molar-refractivity contribution in [2.75, 3.05) is 6.61 Å². The minimum atomic E-state index is -4.13. The van der Waals surface area contributed by atoms with Gasteiger partial charge in [0, 0.05) is 11.1 Å². The Hall–Kier alpha value is -3.91. The number of aromatic nitrogens is 2. The number of sulfonamides is 1. The van der Waals surface area contributed by atoms with Gasteiger partial charge in [0.1, 0.15) is 0 Å². The lowest BCUT2D eigenvalue weighted by molar-refractivity contribution is 0.158. The summed E-state index contributed by atoms with van der Waals surface area (Å²) in [6.07, 6.45) is 2.00. The lowest BCUT2D eigenvalue weighted by Crippen LogP contribution is -2.31. The average Bonchev–Trinajstić information content (AvgIpc) is 3.23. The van der Waals surface area contributed by atoms with Crippen molar-refractivity contribution in [3.05, 3.63) is 89.7 Å². The van der Waals surface area contributed by atoms with E-state index in [9.17, 15) is 13.2 Å². The molecule has 0 saturated heterocycles. The molecule has 4 aromatic rings. The summed E-state index contributed by atoms with van der Waals surface area (Å²) in [5.41, 5.74) is 7.42. The molecule has 3 aromatic carbocycles. The minimum Gasteiger partial charge on any atom is -0.449 e. The summed E-state index contributed by atoms with van der Waals surface area (Å²) in [5, 5.41) is 4.89. The van der Waals surface area contributed by atoms with Crippen LogP contribution in [0, 0.1) is 13.8 Å². The number of hydrogen-bond acceptors (Lipinski definition) is 5. The van der Waals surface area contributed by atoms with Crippen molar-refractivity contribution in [3.8, 4) is 27.9 Å². The third kappa shape index (κ3) is 5.81. The standard InChI is InChI=1S/C30H33N3O4S/c1-5-7-13-27-29(24-11-9-8-10-12-24)22(4)31-33(27)25-17-15-23(16-18-25)26-20-21(3)14-19-28(26)38(35,36)32-30(34)37-6-2/h8-12,14-20H,5-7,13H2,1-4H3,(H,32,34). The molecule has 1 N–H and O–H groups in total. The first kappa shape index (κ1) is 27.1. The zero-order valence-electron chi connectivity index (χ0n) is 22.2. The Morgan fingerprint density at radius 3 is 2.32 bits per heavy atom. The van der Waals surface area contributed by atoms with Crippen LogP contribution in [0.5, 0.6) is 0 Å². The largest absolute Gasteiger partial charge is 0.449 e. The van der Waals surface area contributed by atoms with E-state index in [0.717, 1.165) is 53.0 Å². The van der Waals surface area contributed by atoms with Gasteiger partial charge in [-0.05, 0) is 62.9 Å². The molecule has 0 unspecified atom stereocenters. The van der Waals surface area contributed by atoms with Crippen LogP contribution in [-0.2, 0) is 21.2 Å².